The average molecular weight is 439 g/mol. The predicted molar refractivity (Wildman–Crippen MR) is 119 cm³/mol. The molecular weight excluding hydrogens is 420 g/mol. The van der Waals surface area contributed by atoms with Crippen molar-refractivity contribution in [3.63, 3.8) is 0 Å². The van der Waals surface area contributed by atoms with E-state index >= 15 is 0 Å². The topological polar surface area (TPSA) is 96.4 Å². The summed E-state index contributed by atoms with van der Waals surface area (Å²) >= 11 is 1.48. The number of phenols is 1. The van der Waals surface area contributed by atoms with Crippen LogP contribution in [0.3, 0.4) is 0 Å². The van der Waals surface area contributed by atoms with E-state index in [0.29, 0.717) is 21.8 Å². The summed E-state index contributed by atoms with van der Waals surface area (Å²) in [5.41, 5.74) is 2.19. The Hall–Kier alpha value is -3.23. The summed E-state index contributed by atoms with van der Waals surface area (Å²) in [7, 11) is -3.32. The number of amides is 1. The first-order valence-electron chi connectivity index (χ1n) is 9.20. The zero-order chi connectivity index (χ0) is 21.3. The average Bonchev–Trinajstić information content (AvgIpc) is 3.17. The third kappa shape index (κ3) is 3.92. The Balaban J connectivity index is 1.54. The molecule has 0 spiro atoms. The molecule has 30 heavy (non-hydrogen) atoms. The Morgan fingerprint density at radius 3 is 2.47 bits per heavy atom. The van der Waals surface area contributed by atoms with E-state index < -0.39 is 15.7 Å². The van der Waals surface area contributed by atoms with Crippen LogP contribution in [0.25, 0.3) is 20.8 Å². The second kappa shape index (κ2) is 7.89. The zero-order valence-corrected chi connectivity index (χ0v) is 17.6. The van der Waals surface area contributed by atoms with Gasteiger partial charge in [-0.05, 0) is 48.5 Å². The lowest BCUT2D eigenvalue weighted by Crippen LogP contribution is -2.12. The summed E-state index contributed by atoms with van der Waals surface area (Å²) in [6.07, 6.45) is 0. The van der Waals surface area contributed by atoms with Crippen molar-refractivity contribution in [3.05, 3.63) is 72.3 Å². The van der Waals surface area contributed by atoms with Crippen LogP contribution >= 0.6 is 11.3 Å². The second-order valence-corrected chi connectivity index (χ2v) is 9.91. The molecule has 1 heterocycles. The van der Waals surface area contributed by atoms with Gasteiger partial charge in [0.1, 0.15) is 10.8 Å². The third-order valence-electron chi connectivity index (χ3n) is 4.64. The van der Waals surface area contributed by atoms with Crippen molar-refractivity contribution in [2.24, 2.45) is 0 Å². The molecule has 4 aromatic rings. The molecule has 152 valence electrons. The SMILES string of the molecule is CCS(=O)(=O)c1ccc(C(=O)Nc2ccc(-c3nc4ccccc4s3)c(O)c2)cc1. The molecular formula is C22H18N2O4S2. The number of anilines is 1. The van der Waals surface area contributed by atoms with E-state index in [9.17, 15) is 18.3 Å². The summed E-state index contributed by atoms with van der Waals surface area (Å²) in [4.78, 5) is 17.2. The van der Waals surface area contributed by atoms with Crippen LogP contribution in [0.4, 0.5) is 5.69 Å². The van der Waals surface area contributed by atoms with Gasteiger partial charge in [-0.25, -0.2) is 13.4 Å². The standard InChI is InChI=1S/C22H18N2O4S2/c1-2-30(27,28)16-10-7-14(8-11-16)21(26)23-15-9-12-17(19(25)13-15)22-24-18-5-3-4-6-20(18)29-22/h3-13,25H,2H2,1H3,(H,23,26). The minimum Gasteiger partial charge on any atom is -0.507 e. The highest BCUT2D eigenvalue weighted by atomic mass is 32.2. The zero-order valence-electron chi connectivity index (χ0n) is 16.0. The Kier molecular flexibility index (Phi) is 5.27. The van der Waals surface area contributed by atoms with Gasteiger partial charge in [-0.3, -0.25) is 4.79 Å². The van der Waals surface area contributed by atoms with E-state index in [0.717, 1.165) is 10.2 Å². The van der Waals surface area contributed by atoms with Gasteiger partial charge in [0, 0.05) is 17.3 Å². The quantitative estimate of drug-likeness (QED) is 0.470. The van der Waals surface area contributed by atoms with Gasteiger partial charge in [0.25, 0.3) is 5.91 Å². The summed E-state index contributed by atoms with van der Waals surface area (Å²) in [5.74, 6) is -0.391. The largest absolute Gasteiger partial charge is 0.507 e. The molecule has 0 fully saturated rings. The van der Waals surface area contributed by atoms with E-state index in [4.69, 9.17) is 0 Å². The fourth-order valence-electron chi connectivity index (χ4n) is 2.96. The van der Waals surface area contributed by atoms with Crippen molar-refractivity contribution in [1.29, 1.82) is 0 Å². The molecule has 4 rings (SSSR count). The number of carbonyl (C=O) groups excluding carboxylic acids is 1. The fourth-order valence-corrected chi connectivity index (χ4v) is 4.85. The van der Waals surface area contributed by atoms with Crippen LogP contribution in [0.1, 0.15) is 17.3 Å². The summed E-state index contributed by atoms with van der Waals surface area (Å²) in [6.45, 7) is 1.57. The number of benzene rings is 3. The summed E-state index contributed by atoms with van der Waals surface area (Å²) < 4.78 is 24.8. The highest BCUT2D eigenvalue weighted by molar-refractivity contribution is 7.91. The van der Waals surface area contributed by atoms with Crippen LogP contribution in [0.2, 0.25) is 0 Å². The number of para-hydroxylation sites is 1. The van der Waals surface area contributed by atoms with E-state index in [1.807, 2.05) is 24.3 Å². The molecule has 0 bridgehead atoms. The number of carbonyl (C=O) groups is 1. The van der Waals surface area contributed by atoms with E-state index in [1.54, 1.807) is 19.1 Å². The van der Waals surface area contributed by atoms with Gasteiger partial charge in [0.2, 0.25) is 0 Å². The van der Waals surface area contributed by atoms with E-state index in [1.165, 1.54) is 41.7 Å². The normalized spacial score (nSPS) is 11.5. The molecule has 0 saturated heterocycles. The van der Waals surface area contributed by atoms with Crippen molar-refractivity contribution in [2.45, 2.75) is 11.8 Å². The Morgan fingerprint density at radius 1 is 1.07 bits per heavy atom. The number of nitrogens with one attached hydrogen (secondary N) is 1. The number of fused-ring (bicyclic) bond motifs is 1. The maximum absolute atomic E-state index is 12.5. The molecule has 0 aliphatic rings. The van der Waals surface area contributed by atoms with Crippen molar-refractivity contribution in [2.75, 3.05) is 11.1 Å². The molecule has 8 heteroatoms. The molecule has 0 saturated carbocycles. The Morgan fingerprint density at radius 2 is 1.80 bits per heavy atom. The first-order chi connectivity index (χ1) is 14.4. The van der Waals surface area contributed by atoms with Gasteiger partial charge in [-0.2, -0.15) is 0 Å². The first-order valence-corrected chi connectivity index (χ1v) is 11.7. The van der Waals surface area contributed by atoms with Crippen LogP contribution in [-0.4, -0.2) is 30.2 Å². The number of hydrogen-bond donors (Lipinski definition) is 2. The van der Waals surface area contributed by atoms with Gasteiger partial charge in [-0.15, -0.1) is 11.3 Å². The van der Waals surface area contributed by atoms with Crippen molar-refractivity contribution in [3.8, 4) is 16.3 Å². The lowest BCUT2D eigenvalue weighted by atomic mass is 10.1. The maximum atomic E-state index is 12.5. The molecule has 1 aromatic heterocycles. The maximum Gasteiger partial charge on any atom is 0.255 e. The van der Waals surface area contributed by atoms with Gasteiger partial charge in [-0.1, -0.05) is 19.1 Å². The van der Waals surface area contributed by atoms with Gasteiger partial charge < -0.3 is 10.4 Å². The van der Waals surface area contributed by atoms with E-state index in [2.05, 4.69) is 10.3 Å². The number of aromatic hydroxyl groups is 1. The number of thiazole rings is 1. The van der Waals surface area contributed by atoms with Crippen molar-refractivity contribution in [1.82, 2.24) is 4.98 Å². The lowest BCUT2D eigenvalue weighted by molar-refractivity contribution is 0.102. The fraction of sp³-hybridized carbons (Fsp3) is 0.0909. The number of sulfone groups is 1. The molecule has 0 atom stereocenters. The molecule has 1 amide bonds. The molecule has 2 N–H and O–H groups in total. The Bertz CT molecular complexity index is 1310. The Labute approximate surface area is 177 Å². The number of rotatable bonds is 5. The molecule has 3 aromatic carbocycles. The van der Waals surface area contributed by atoms with Gasteiger partial charge >= 0.3 is 0 Å². The number of phenolic OH excluding ortho intramolecular Hbond substituents is 1. The van der Waals surface area contributed by atoms with Crippen molar-refractivity contribution >= 4 is 43.0 Å². The lowest BCUT2D eigenvalue weighted by Gasteiger charge is -2.08. The number of aromatic nitrogens is 1. The predicted octanol–water partition coefficient (Wildman–Crippen LogP) is 4.71. The minimum absolute atomic E-state index is 0.00116. The first kappa shape index (κ1) is 20.1. The molecule has 0 unspecified atom stereocenters. The van der Waals surface area contributed by atoms with Crippen LogP contribution in [0, 0.1) is 0 Å². The highest BCUT2D eigenvalue weighted by Crippen LogP contribution is 2.36. The molecule has 6 nitrogen and oxygen atoms in total. The third-order valence-corrected chi connectivity index (χ3v) is 7.46. The summed E-state index contributed by atoms with van der Waals surface area (Å²) in [5, 5.41) is 13.9. The molecule has 0 aliphatic carbocycles. The smallest absolute Gasteiger partial charge is 0.255 e. The molecule has 0 radical (unpaired) electrons. The minimum atomic E-state index is -3.32. The number of nitrogens with zero attached hydrogens (tertiary/aromatic N) is 1. The van der Waals surface area contributed by atoms with Crippen LogP contribution < -0.4 is 5.32 Å². The van der Waals surface area contributed by atoms with E-state index in [-0.39, 0.29) is 16.4 Å². The monoisotopic (exact) mass is 438 g/mol. The number of hydrogen-bond acceptors (Lipinski definition) is 6. The molecule has 0 aliphatic heterocycles. The van der Waals surface area contributed by atoms with Crippen LogP contribution in [0.15, 0.2) is 71.6 Å². The van der Waals surface area contributed by atoms with Gasteiger partial charge in [0.05, 0.1) is 26.4 Å². The van der Waals surface area contributed by atoms with Crippen LogP contribution in [0.5, 0.6) is 5.75 Å². The van der Waals surface area contributed by atoms with Gasteiger partial charge in [0.15, 0.2) is 9.84 Å². The second-order valence-electron chi connectivity index (χ2n) is 6.60. The van der Waals surface area contributed by atoms with Crippen LogP contribution in [-0.2, 0) is 9.84 Å². The highest BCUT2D eigenvalue weighted by Gasteiger charge is 2.15. The summed E-state index contributed by atoms with van der Waals surface area (Å²) in [6, 6.07) is 18.4. The van der Waals surface area contributed by atoms with Crippen molar-refractivity contribution < 1.29 is 18.3 Å².